The molecule has 4 heterocycles. The van der Waals surface area contributed by atoms with Gasteiger partial charge in [0.15, 0.2) is 11.5 Å². The summed E-state index contributed by atoms with van der Waals surface area (Å²) in [6, 6.07) is 4.00. The molecule has 3 aromatic rings. The summed E-state index contributed by atoms with van der Waals surface area (Å²) in [5.74, 6) is -5.16. The van der Waals surface area contributed by atoms with Crippen molar-refractivity contribution in [1.82, 2.24) is 15.2 Å². The Balaban J connectivity index is 1.57. The number of rotatable bonds is 6. The van der Waals surface area contributed by atoms with Crippen molar-refractivity contribution in [2.45, 2.75) is 50.0 Å². The van der Waals surface area contributed by atoms with E-state index in [4.69, 9.17) is 9.84 Å². The van der Waals surface area contributed by atoms with Crippen molar-refractivity contribution in [2.24, 2.45) is 0 Å². The normalized spacial score (nSPS) is 20.9. The smallest absolute Gasteiger partial charge is 0.390 e. The number of fused-ring (bicyclic) bond motifs is 3. The van der Waals surface area contributed by atoms with Gasteiger partial charge in [-0.1, -0.05) is 12.1 Å². The summed E-state index contributed by atoms with van der Waals surface area (Å²) in [5, 5.41) is 18.8. The molecule has 2 N–H and O–H groups in total. The number of morpholine rings is 1. The van der Waals surface area contributed by atoms with Crippen LogP contribution in [-0.4, -0.2) is 52.2 Å². The van der Waals surface area contributed by atoms with Gasteiger partial charge in [0, 0.05) is 10.9 Å². The van der Waals surface area contributed by atoms with Crippen molar-refractivity contribution in [1.29, 1.82) is 0 Å². The Morgan fingerprint density at radius 3 is 2.49 bits per heavy atom. The molecule has 37 heavy (non-hydrogen) atoms. The van der Waals surface area contributed by atoms with Crippen molar-refractivity contribution >= 4 is 22.4 Å². The van der Waals surface area contributed by atoms with Gasteiger partial charge in [0.25, 0.3) is 5.92 Å². The molecule has 2 bridgehead atoms. The molecule has 0 amide bonds. The molecule has 0 spiro atoms. The second kappa shape index (κ2) is 9.28. The fraction of sp³-hybridized carbons (Fsp3) is 0.458. The van der Waals surface area contributed by atoms with E-state index < -0.39 is 47.3 Å². The molecule has 2 aromatic heterocycles. The Morgan fingerprint density at radius 2 is 1.84 bits per heavy atom. The Kier molecular flexibility index (Phi) is 6.39. The lowest BCUT2D eigenvalue weighted by Gasteiger charge is -2.36. The summed E-state index contributed by atoms with van der Waals surface area (Å²) in [5.41, 5.74) is -2.29. The minimum absolute atomic E-state index is 0.00909. The van der Waals surface area contributed by atoms with Crippen LogP contribution in [0.3, 0.4) is 0 Å². The second-order valence-corrected chi connectivity index (χ2v) is 9.25. The first-order chi connectivity index (χ1) is 17.5. The van der Waals surface area contributed by atoms with Gasteiger partial charge in [-0.3, -0.25) is 4.98 Å². The maximum Gasteiger partial charge on any atom is 0.437 e. The summed E-state index contributed by atoms with van der Waals surface area (Å²) >= 11 is 0. The predicted octanol–water partition coefficient (Wildman–Crippen LogP) is 4.81. The summed E-state index contributed by atoms with van der Waals surface area (Å²) in [6.07, 6.45) is -1.70. The molecule has 2 aliphatic heterocycles. The zero-order chi connectivity index (χ0) is 26.5. The van der Waals surface area contributed by atoms with Crippen LogP contribution in [0, 0.1) is 5.82 Å². The number of nitrogens with one attached hydrogen (secondary N) is 1. The van der Waals surface area contributed by atoms with Crippen LogP contribution in [-0.2, 0) is 16.8 Å². The SMILES string of the molecule is C[C@@H](Nc1nnc(C(F)(F)F)c2ncc(N3C4CCC3COC4)cc12)c1cccc(C(F)(F)CO)c1F. The van der Waals surface area contributed by atoms with Gasteiger partial charge in [0.1, 0.15) is 17.9 Å². The maximum atomic E-state index is 15.0. The van der Waals surface area contributed by atoms with Gasteiger partial charge in [-0.15, -0.1) is 10.2 Å². The van der Waals surface area contributed by atoms with Crippen molar-refractivity contribution in [2.75, 3.05) is 30.0 Å². The van der Waals surface area contributed by atoms with Crippen LogP contribution in [0.5, 0.6) is 0 Å². The number of benzene rings is 1. The van der Waals surface area contributed by atoms with E-state index in [0.29, 0.717) is 18.9 Å². The van der Waals surface area contributed by atoms with Crippen molar-refractivity contribution in [3.8, 4) is 0 Å². The highest BCUT2D eigenvalue weighted by molar-refractivity contribution is 5.93. The molecule has 2 unspecified atom stereocenters. The lowest BCUT2D eigenvalue weighted by molar-refractivity contribution is -0.140. The monoisotopic (exact) mass is 527 g/mol. The Bertz CT molecular complexity index is 1300. The lowest BCUT2D eigenvalue weighted by atomic mass is 10.00. The van der Waals surface area contributed by atoms with Gasteiger partial charge in [0.2, 0.25) is 0 Å². The third kappa shape index (κ3) is 4.54. The van der Waals surface area contributed by atoms with E-state index in [1.807, 2.05) is 0 Å². The highest BCUT2D eigenvalue weighted by atomic mass is 19.4. The number of alkyl halides is 5. The van der Waals surface area contributed by atoms with Crippen LogP contribution >= 0.6 is 0 Å². The van der Waals surface area contributed by atoms with Gasteiger partial charge in [-0.05, 0) is 31.9 Å². The van der Waals surface area contributed by atoms with Crippen molar-refractivity contribution < 1.29 is 36.2 Å². The molecule has 198 valence electrons. The standard InChI is InChI=1S/C24H23F6N5O2/c1-12(16-3-2-4-18(19(16)25)23(26,27)11-36)32-22-17-7-15(35-13-5-6-14(35)10-37-9-13)8-31-20(17)21(33-34-22)24(28,29)30/h2-4,7-8,12-14,36H,5-6,9-11H2,1H3,(H,32,34)/t12-,13?,14?/m1/s1. The van der Waals surface area contributed by atoms with Gasteiger partial charge in [-0.25, -0.2) is 4.39 Å². The van der Waals surface area contributed by atoms with E-state index >= 15 is 0 Å². The number of aliphatic hydroxyl groups is 1. The zero-order valence-electron chi connectivity index (χ0n) is 19.6. The molecule has 2 saturated heterocycles. The number of aliphatic hydroxyl groups excluding tert-OH is 1. The number of anilines is 2. The lowest BCUT2D eigenvalue weighted by Crippen LogP contribution is -2.46. The maximum absolute atomic E-state index is 15.0. The van der Waals surface area contributed by atoms with E-state index in [0.717, 1.165) is 18.9 Å². The fourth-order valence-corrected chi connectivity index (χ4v) is 5.05. The fourth-order valence-electron chi connectivity index (χ4n) is 5.05. The van der Waals surface area contributed by atoms with Gasteiger partial charge in [-0.2, -0.15) is 22.0 Å². The molecular formula is C24H23F6N5O2. The Hall–Kier alpha value is -3.19. The molecule has 0 saturated carbocycles. The van der Waals surface area contributed by atoms with Crippen molar-refractivity contribution in [3.05, 3.63) is 53.1 Å². The van der Waals surface area contributed by atoms with Crippen LogP contribution in [0.4, 0.5) is 37.8 Å². The van der Waals surface area contributed by atoms with E-state index in [9.17, 15) is 26.3 Å². The minimum Gasteiger partial charge on any atom is -0.390 e. The number of pyridine rings is 1. The summed E-state index contributed by atoms with van der Waals surface area (Å²) in [7, 11) is 0. The first-order valence-corrected chi connectivity index (χ1v) is 11.6. The van der Waals surface area contributed by atoms with Gasteiger partial charge in [0.05, 0.1) is 48.8 Å². The van der Waals surface area contributed by atoms with Crippen LogP contribution < -0.4 is 10.2 Å². The second-order valence-electron chi connectivity index (χ2n) is 9.25. The molecule has 3 atom stereocenters. The summed E-state index contributed by atoms with van der Waals surface area (Å²) < 4.78 is 89.6. The topological polar surface area (TPSA) is 83.4 Å². The first kappa shape index (κ1) is 25.5. The molecule has 7 nitrogen and oxygen atoms in total. The van der Waals surface area contributed by atoms with Gasteiger partial charge < -0.3 is 20.1 Å². The largest absolute Gasteiger partial charge is 0.437 e. The van der Waals surface area contributed by atoms with Crippen LogP contribution in [0.15, 0.2) is 30.5 Å². The number of halogens is 6. The molecule has 0 radical (unpaired) electrons. The number of ether oxygens (including phenoxy) is 1. The van der Waals surface area contributed by atoms with Gasteiger partial charge >= 0.3 is 6.18 Å². The summed E-state index contributed by atoms with van der Waals surface area (Å²) in [6.45, 7) is 0.854. The zero-order valence-corrected chi connectivity index (χ0v) is 19.6. The average molecular weight is 527 g/mol. The highest BCUT2D eigenvalue weighted by Crippen LogP contribution is 2.39. The molecular weight excluding hydrogens is 504 g/mol. The third-order valence-electron chi connectivity index (χ3n) is 6.85. The van der Waals surface area contributed by atoms with E-state index in [-0.39, 0.29) is 28.9 Å². The molecule has 0 aliphatic carbocycles. The number of nitrogens with zero attached hydrogens (tertiary/aromatic N) is 4. The first-order valence-electron chi connectivity index (χ1n) is 11.6. The van der Waals surface area contributed by atoms with E-state index in [2.05, 4.69) is 25.4 Å². The van der Waals surface area contributed by atoms with Crippen LogP contribution in [0.1, 0.15) is 42.6 Å². The molecule has 13 heteroatoms. The number of aromatic nitrogens is 3. The highest BCUT2D eigenvalue weighted by Gasteiger charge is 2.40. The predicted molar refractivity (Wildman–Crippen MR) is 122 cm³/mol. The number of hydrogen-bond acceptors (Lipinski definition) is 7. The van der Waals surface area contributed by atoms with Crippen LogP contribution in [0.2, 0.25) is 0 Å². The summed E-state index contributed by atoms with van der Waals surface area (Å²) in [4.78, 5) is 6.17. The molecule has 2 aliphatic rings. The molecule has 5 rings (SSSR count). The third-order valence-corrected chi connectivity index (χ3v) is 6.85. The van der Waals surface area contributed by atoms with E-state index in [1.165, 1.54) is 31.3 Å². The van der Waals surface area contributed by atoms with E-state index in [1.54, 1.807) is 0 Å². The average Bonchev–Trinajstić information content (AvgIpc) is 3.11. The number of hydrogen-bond donors (Lipinski definition) is 2. The minimum atomic E-state index is -4.82. The molecule has 2 fully saturated rings. The van der Waals surface area contributed by atoms with Crippen LogP contribution in [0.25, 0.3) is 10.9 Å². The quantitative estimate of drug-likeness (QED) is 0.446. The Labute approximate surface area is 207 Å². The Morgan fingerprint density at radius 1 is 1.14 bits per heavy atom. The van der Waals surface area contributed by atoms with Crippen molar-refractivity contribution in [3.63, 3.8) is 0 Å². The molecule has 1 aromatic carbocycles.